The molecule has 5 nitrogen and oxygen atoms in total. The van der Waals surface area contributed by atoms with Crippen molar-refractivity contribution < 1.29 is 14.7 Å². The summed E-state index contributed by atoms with van der Waals surface area (Å²) in [4.78, 5) is 24.6. The van der Waals surface area contributed by atoms with Crippen molar-refractivity contribution in [2.45, 2.75) is 45.1 Å². The van der Waals surface area contributed by atoms with Crippen molar-refractivity contribution in [3.8, 4) is 0 Å². The van der Waals surface area contributed by atoms with Crippen LogP contribution in [0.15, 0.2) is 0 Å². The molecule has 0 bridgehead atoms. The number of carboxylic acids is 1. The molecule has 2 amide bonds. The minimum atomic E-state index is -0.793. The van der Waals surface area contributed by atoms with E-state index in [9.17, 15) is 9.59 Å². The van der Waals surface area contributed by atoms with Gasteiger partial charge >= 0.3 is 12.0 Å². The van der Waals surface area contributed by atoms with Gasteiger partial charge in [0, 0.05) is 19.1 Å². The topological polar surface area (TPSA) is 69.6 Å². The number of piperidine rings is 1. The Bertz CT molecular complexity index is 328. The van der Waals surface area contributed by atoms with Crippen LogP contribution in [0.5, 0.6) is 0 Å². The van der Waals surface area contributed by atoms with Crippen molar-refractivity contribution in [1.82, 2.24) is 10.2 Å². The number of carboxylic acid groups (broad SMARTS) is 1. The standard InChI is InChI=1S/C13H22N2O3/c1-9(7-10-4-5-10)14-13(18)15-6-2-3-11(8-15)12(16)17/h9-11H,2-8H2,1H3,(H,14,18)(H,16,17)/t9?,11-/m1/s1. The van der Waals surface area contributed by atoms with E-state index in [2.05, 4.69) is 5.32 Å². The van der Waals surface area contributed by atoms with Crippen molar-refractivity contribution in [1.29, 1.82) is 0 Å². The van der Waals surface area contributed by atoms with E-state index in [0.29, 0.717) is 19.5 Å². The molecule has 1 saturated heterocycles. The lowest BCUT2D eigenvalue weighted by Gasteiger charge is -2.31. The minimum absolute atomic E-state index is 0.103. The molecule has 1 unspecified atom stereocenters. The van der Waals surface area contributed by atoms with Crippen LogP contribution in [-0.4, -0.2) is 41.1 Å². The minimum Gasteiger partial charge on any atom is -0.481 e. The third-order valence-corrected chi connectivity index (χ3v) is 3.81. The molecule has 2 atom stereocenters. The summed E-state index contributed by atoms with van der Waals surface area (Å²) < 4.78 is 0. The van der Waals surface area contributed by atoms with Crippen LogP contribution in [-0.2, 0) is 4.79 Å². The zero-order valence-electron chi connectivity index (χ0n) is 10.9. The first kappa shape index (κ1) is 13.2. The number of carbonyl (C=O) groups excluding carboxylic acids is 1. The van der Waals surface area contributed by atoms with E-state index < -0.39 is 11.9 Å². The maximum absolute atomic E-state index is 12.0. The summed E-state index contributed by atoms with van der Waals surface area (Å²) >= 11 is 0. The van der Waals surface area contributed by atoms with Gasteiger partial charge in [0.05, 0.1) is 5.92 Å². The van der Waals surface area contributed by atoms with Gasteiger partial charge in [-0.25, -0.2) is 4.79 Å². The second-order valence-electron chi connectivity index (χ2n) is 5.65. The molecule has 102 valence electrons. The second kappa shape index (κ2) is 5.59. The summed E-state index contributed by atoms with van der Waals surface area (Å²) in [5.41, 5.74) is 0. The van der Waals surface area contributed by atoms with Crippen LogP contribution >= 0.6 is 0 Å². The first-order valence-corrected chi connectivity index (χ1v) is 6.84. The van der Waals surface area contributed by atoms with Crippen LogP contribution in [0.1, 0.15) is 39.0 Å². The molecule has 2 rings (SSSR count). The van der Waals surface area contributed by atoms with Crippen molar-refractivity contribution in [3.05, 3.63) is 0 Å². The monoisotopic (exact) mass is 254 g/mol. The number of likely N-dealkylation sites (tertiary alicyclic amines) is 1. The Balaban J connectivity index is 1.78. The zero-order valence-corrected chi connectivity index (χ0v) is 10.9. The summed E-state index contributed by atoms with van der Waals surface area (Å²) in [6.45, 7) is 3.04. The predicted molar refractivity (Wildman–Crippen MR) is 67.3 cm³/mol. The van der Waals surface area contributed by atoms with Gasteiger partial charge in [0.1, 0.15) is 0 Å². The predicted octanol–water partition coefficient (Wildman–Crippen LogP) is 1.68. The molecule has 0 spiro atoms. The maximum atomic E-state index is 12.0. The van der Waals surface area contributed by atoms with Crippen molar-refractivity contribution >= 4 is 12.0 Å². The molecule has 1 saturated carbocycles. The SMILES string of the molecule is CC(CC1CC1)NC(=O)N1CCC[C@@H](C(=O)O)C1. The average Bonchev–Trinajstić information content (AvgIpc) is 3.12. The van der Waals surface area contributed by atoms with Crippen LogP contribution in [0.2, 0.25) is 0 Å². The quantitative estimate of drug-likeness (QED) is 0.802. The van der Waals surface area contributed by atoms with E-state index in [1.54, 1.807) is 4.90 Å². The number of nitrogens with zero attached hydrogens (tertiary/aromatic N) is 1. The second-order valence-corrected chi connectivity index (χ2v) is 5.65. The number of aliphatic carboxylic acids is 1. The molecule has 2 fully saturated rings. The summed E-state index contributed by atoms with van der Waals surface area (Å²) in [7, 11) is 0. The highest BCUT2D eigenvalue weighted by Crippen LogP contribution is 2.33. The summed E-state index contributed by atoms with van der Waals surface area (Å²) in [6.07, 6.45) is 5.07. The fourth-order valence-electron chi connectivity index (χ4n) is 2.58. The van der Waals surface area contributed by atoms with Gasteiger partial charge in [-0.2, -0.15) is 0 Å². The highest BCUT2D eigenvalue weighted by Gasteiger charge is 2.29. The lowest BCUT2D eigenvalue weighted by atomic mass is 9.99. The van der Waals surface area contributed by atoms with Gasteiger partial charge in [-0.15, -0.1) is 0 Å². The van der Waals surface area contributed by atoms with Crippen LogP contribution in [0.25, 0.3) is 0 Å². The van der Waals surface area contributed by atoms with Gasteiger partial charge in [0.25, 0.3) is 0 Å². The third-order valence-electron chi connectivity index (χ3n) is 3.81. The summed E-state index contributed by atoms with van der Waals surface area (Å²) in [5, 5.41) is 12.0. The molecule has 0 aromatic carbocycles. The molecule has 0 radical (unpaired) electrons. The first-order chi connectivity index (χ1) is 8.56. The van der Waals surface area contributed by atoms with Crippen molar-refractivity contribution in [2.75, 3.05) is 13.1 Å². The molecule has 1 aliphatic heterocycles. The largest absolute Gasteiger partial charge is 0.481 e. The number of rotatable bonds is 4. The Hall–Kier alpha value is -1.26. The van der Waals surface area contributed by atoms with Gasteiger partial charge in [0.15, 0.2) is 0 Å². The average molecular weight is 254 g/mol. The summed E-state index contributed by atoms with van der Waals surface area (Å²) in [5.74, 6) is -0.407. The van der Waals surface area contributed by atoms with E-state index in [-0.39, 0.29) is 12.1 Å². The van der Waals surface area contributed by atoms with Crippen LogP contribution in [0, 0.1) is 11.8 Å². The Labute approximate surface area is 108 Å². The number of amides is 2. The third kappa shape index (κ3) is 3.62. The molecule has 0 aromatic heterocycles. The van der Waals surface area contributed by atoms with E-state index in [1.165, 1.54) is 12.8 Å². The normalized spacial score (nSPS) is 25.6. The van der Waals surface area contributed by atoms with Crippen molar-refractivity contribution in [3.63, 3.8) is 0 Å². The fourth-order valence-corrected chi connectivity index (χ4v) is 2.58. The van der Waals surface area contributed by atoms with E-state index in [0.717, 1.165) is 18.8 Å². The Morgan fingerprint density at radius 1 is 1.39 bits per heavy atom. The number of hydrogen-bond acceptors (Lipinski definition) is 2. The van der Waals surface area contributed by atoms with Gasteiger partial charge in [-0.3, -0.25) is 4.79 Å². The van der Waals surface area contributed by atoms with E-state index in [1.807, 2.05) is 6.92 Å². The smallest absolute Gasteiger partial charge is 0.317 e. The highest BCUT2D eigenvalue weighted by molar-refractivity contribution is 5.76. The van der Waals surface area contributed by atoms with Crippen molar-refractivity contribution in [2.24, 2.45) is 11.8 Å². The molecule has 0 aromatic rings. The summed E-state index contributed by atoms with van der Waals surface area (Å²) in [6, 6.07) is 0.0873. The Kier molecular flexibility index (Phi) is 4.09. The van der Waals surface area contributed by atoms with Gasteiger partial charge < -0.3 is 15.3 Å². The molecule has 1 heterocycles. The molecule has 2 N–H and O–H groups in total. The highest BCUT2D eigenvalue weighted by atomic mass is 16.4. The van der Waals surface area contributed by atoms with Gasteiger partial charge in [0.2, 0.25) is 0 Å². The van der Waals surface area contributed by atoms with Gasteiger partial charge in [-0.1, -0.05) is 12.8 Å². The Morgan fingerprint density at radius 3 is 2.72 bits per heavy atom. The molecular formula is C13H22N2O3. The number of urea groups is 1. The maximum Gasteiger partial charge on any atom is 0.317 e. The number of carbonyl (C=O) groups is 2. The van der Waals surface area contributed by atoms with E-state index in [4.69, 9.17) is 5.11 Å². The molecule has 2 aliphatic rings. The fraction of sp³-hybridized carbons (Fsp3) is 0.846. The number of hydrogen-bond donors (Lipinski definition) is 2. The zero-order chi connectivity index (χ0) is 13.1. The first-order valence-electron chi connectivity index (χ1n) is 6.84. The lowest BCUT2D eigenvalue weighted by molar-refractivity contribution is -0.143. The molecule has 18 heavy (non-hydrogen) atoms. The van der Waals surface area contributed by atoms with Crippen LogP contribution < -0.4 is 5.32 Å². The van der Waals surface area contributed by atoms with Crippen LogP contribution in [0.4, 0.5) is 4.79 Å². The van der Waals surface area contributed by atoms with Gasteiger partial charge in [-0.05, 0) is 32.1 Å². The molecule has 5 heteroatoms. The Morgan fingerprint density at radius 2 is 2.11 bits per heavy atom. The van der Waals surface area contributed by atoms with Crippen LogP contribution in [0.3, 0.4) is 0 Å². The molecule has 1 aliphatic carbocycles. The molecular weight excluding hydrogens is 232 g/mol. The number of nitrogens with one attached hydrogen (secondary N) is 1. The van der Waals surface area contributed by atoms with E-state index >= 15 is 0 Å². The lowest BCUT2D eigenvalue weighted by Crippen LogP contribution is -2.49.